The molecule has 0 aliphatic carbocycles. The SMILES string of the molecule is Cc1noc(C)c1CC(=O)N1CCCC1C(=O)N(C)C. The van der Waals surface area contributed by atoms with E-state index >= 15 is 0 Å². The summed E-state index contributed by atoms with van der Waals surface area (Å²) in [6.07, 6.45) is 1.86. The van der Waals surface area contributed by atoms with E-state index in [-0.39, 0.29) is 24.3 Å². The van der Waals surface area contributed by atoms with Crippen molar-refractivity contribution in [2.75, 3.05) is 20.6 Å². The number of hydrogen-bond acceptors (Lipinski definition) is 4. The molecule has 1 unspecified atom stereocenters. The Kier molecular flexibility index (Phi) is 4.11. The lowest BCUT2D eigenvalue weighted by Gasteiger charge is -2.26. The molecule has 6 nitrogen and oxygen atoms in total. The average molecular weight is 279 g/mol. The zero-order chi connectivity index (χ0) is 14.9. The molecule has 1 aliphatic heterocycles. The Morgan fingerprint density at radius 3 is 2.65 bits per heavy atom. The first-order valence-corrected chi connectivity index (χ1v) is 6.84. The second-order valence-corrected chi connectivity index (χ2v) is 5.46. The molecule has 2 amide bonds. The van der Waals surface area contributed by atoms with Gasteiger partial charge >= 0.3 is 0 Å². The van der Waals surface area contributed by atoms with Gasteiger partial charge in [0.2, 0.25) is 11.8 Å². The molecule has 1 saturated heterocycles. The van der Waals surface area contributed by atoms with Crippen LogP contribution in [0.1, 0.15) is 29.9 Å². The topological polar surface area (TPSA) is 66.7 Å². The number of amides is 2. The van der Waals surface area contributed by atoms with E-state index in [9.17, 15) is 9.59 Å². The van der Waals surface area contributed by atoms with Gasteiger partial charge < -0.3 is 14.3 Å². The largest absolute Gasteiger partial charge is 0.361 e. The number of hydrogen-bond donors (Lipinski definition) is 0. The number of aromatic nitrogens is 1. The molecule has 1 aromatic rings. The Hall–Kier alpha value is -1.85. The second-order valence-electron chi connectivity index (χ2n) is 5.46. The molecule has 2 heterocycles. The number of aryl methyl sites for hydroxylation is 2. The van der Waals surface area contributed by atoms with E-state index in [0.29, 0.717) is 12.3 Å². The van der Waals surface area contributed by atoms with Gasteiger partial charge in [-0.1, -0.05) is 5.16 Å². The van der Waals surface area contributed by atoms with E-state index in [1.807, 2.05) is 6.92 Å². The molecule has 0 spiro atoms. The molecule has 0 radical (unpaired) electrons. The van der Waals surface area contributed by atoms with Crippen molar-refractivity contribution in [1.29, 1.82) is 0 Å². The number of nitrogens with zero attached hydrogens (tertiary/aromatic N) is 3. The highest BCUT2D eigenvalue weighted by Gasteiger charge is 2.35. The van der Waals surface area contributed by atoms with Crippen LogP contribution in [-0.2, 0) is 16.0 Å². The molecule has 1 aromatic heterocycles. The summed E-state index contributed by atoms with van der Waals surface area (Å²) in [7, 11) is 3.44. The fourth-order valence-electron chi connectivity index (χ4n) is 2.63. The normalized spacial score (nSPS) is 18.4. The summed E-state index contributed by atoms with van der Waals surface area (Å²) in [5.41, 5.74) is 1.57. The summed E-state index contributed by atoms with van der Waals surface area (Å²) < 4.78 is 5.08. The van der Waals surface area contributed by atoms with Crippen molar-refractivity contribution in [2.45, 2.75) is 39.2 Å². The summed E-state index contributed by atoms with van der Waals surface area (Å²) in [4.78, 5) is 27.8. The fraction of sp³-hybridized carbons (Fsp3) is 0.643. The zero-order valence-electron chi connectivity index (χ0n) is 12.5. The van der Waals surface area contributed by atoms with Crippen LogP contribution < -0.4 is 0 Å². The Morgan fingerprint density at radius 2 is 2.10 bits per heavy atom. The van der Waals surface area contributed by atoms with Crippen LogP contribution in [0.15, 0.2) is 4.52 Å². The van der Waals surface area contributed by atoms with E-state index < -0.39 is 0 Å². The molecule has 1 atom stereocenters. The lowest BCUT2D eigenvalue weighted by molar-refractivity contribution is -0.141. The van der Waals surface area contributed by atoms with Crippen molar-refractivity contribution in [1.82, 2.24) is 15.0 Å². The van der Waals surface area contributed by atoms with Crippen LogP contribution in [0.4, 0.5) is 0 Å². The van der Waals surface area contributed by atoms with E-state index in [2.05, 4.69) is 5.16 Å². The summed E-state index contributed by atoms with van der Waals surface area (Å²) in [6, 6.07) is -0.321. The van der Waals surface area contributed by atoms with Crippen LogP contribution in [0.25, 0.3) is 0 Å². The highest BCUT2D eigenvalue weighted by atomic mass is 16.5. The Morgan fingerprint density at radius 1 is 1.40 bits per heavy atom. The third-order valence-electron chi connectivity index (χ3n) is 3.81. The van der Waals surface area contributed by atoms with Crippen LogP contribution >= 0.6 is 0 Å². The highest BCUT2D eigenvalue weighted by molar-refractivity contribution is 5.89. The number of likely N-dealkylation sites (tertiary alicyclic amines) is 1. The maximum absolute atomic E-state index is 12.4. The van der Waals surface area contributed by atoms with Gasteiger partial charge in [-0.25, -0.2) is 0 Å². The standard InChI is InChI=1S/C14H21N3O3/c1-9-11(10(2)20-15-9)8-13(18)17-7-5-6-12(17)14(19)16(3)4/h12H,5-8H2,1-4H3. The quantitative estimate of drug-likeness (QED) is 0.825. The smallest absolute Gasteiger partial charge is 0.244 e. The summed E-state index contributed by atoms with van der Waals surface area (Å²) in [5.74, 6) is 0.636. The van der Waals surface area contributed by atoms with Crippen molar-refractivity contribution in [3.8, 4) is 0 Å². The predicted octanol–water partition coefficient (Wildman–Crippen LogP) is 0.913. The van der Waals surface area contributed by atoms with Crippen molar-refractivity contribution >= 4 is 11.8 Å². The highest BCUT2D eigenvalue weighted by Crippen LogP contribution is 2.21. The molecule has 0 saturated carbocycles. The van der Waals surface area contributed by atoms with Crippen LogP contribution in [0.5, 0.6) is 0 Å². The van der Waals surface area contributed by atoms with Crippen molar-refractivity contribution in [3.63, 3.8) is 0 Å². The van der Waals surface area contributed by atoms with E-state index in [4.69, 9.17) is 4.52 Å². The van der Waals surface area contributed by atoms with Crippen molar-refractivity contribution in [3.05, 3.63) is 17.0 Å². The molecule has 20 heavy (non-hydrogen) atoms. The minimum atomic E-state index is -0.321. The first-order valence-electron chi connectivity index (χ1n) is 6.84. The van der Waals surface area contributed by atoms with Crippen LogP contribution in [0.2, 0.25) is 0 Å². The van der Waals surface area contributed by atoms with Gasteiger partial charge in [0.25, 0.3) is 0 Å². The molecular formula is C14H21N3O3. The zero-order valence-corrected chi connectivity index (χ0v) is 12.5. The average Bonchev–Trinajstić information content (AvgIpc) is 2.99. The Labute approximate surface area is 118 Å². The second kappa shape index (κ2) is 5.64. The lowest BCUT2D eigenvalue weighted by atomic mass is 10.1. The molecule has 0 bridgehead atoms. The first-order chi connectivity index (χ1) is 9.41. The summed E-state index contributed by atoms with van der Waals surface area (Å²) >= 11 is 0. The van der Waals surface area contributed by atoms with E-state index in [0.717, 1.165) is 24.1 Å². The van der Waals surface area contributed by atoms with Gasteiger partial charge in [0.05, 0.1) is 12.1 Å². The molecule has 1 aliphatic rings. The van der Waals surface area contributed by atoms with Crippen LogP contribution in [-0.4, -0.2) is 53.5 Å². The number of carbonyl (C=O) groups is 2. The van der Waals surface area contributed by atoms with Gasteiger partial charge in [-0.05, 0) is 26.7 Å². The van der Waals surface area contributed by atoms with E-state index in [1.165, 1.54) is 0 Å². The molecule has 0 N–H and O–H groups in total. The molecule has 2 rings (SSSR count). The maximum atomic E-state index is 12.4. The van der Waals surface area contributed by atoms with Crippen molar-refractivity contribution < 1.29 is 14.1 Å². The predicted molar refractivity (Wildman–Crippen MR) is 73.1 cm³/mol. The van der Waals surface area contributed by atoms with Gasteiger partial charge in [-0.3, -0.25) is 9.59 Å². The van der Waals surface area contributed by atoms with Gasteiger partial charge in [0.15, 0.2) is 0 Å². The molecule has 1 fully saturated rings. The maximum Gasteiger partial charge on any atom is 0.244 e. The fourth-order valence-corrected chi connectivity index (χ4v) is 2.63. The van der Waals surface area contributed by atoms with Gasteiger partial charge in [0.1, 0.15) is 11.8 Å². The van der Waals surface area contributed by atoms with Gasteiger partial charge in [0, 0.05) is 26.2 Å². The van der Waals surface area contributed by atoms with Crippen LogP contribution in [0, 0.1) is 13.8 Å². The number of carbonyl (C=O) groups excluding carboxylic acids is 2. The molecule has 110 valence electrons. The minimum Gasteiger partial charge on any atom is -0.361 e. The van der Waals surface area contributed by atoms with Gasteiger partial charge in [-0.2, -0.15) is 0 Å². The third-order valence-corrected chi connectivity index (χ3v) is 3.81. The Bertz CT molecular complexity index is 502. The number of rotatable bonds is 3. The lowest BCUT2D eigenvalue weighted by Crippen LogP contribution is -2.46. The first kappa shape index (κ1) is 14.6. The summed E-state index contributed by atoms with van der Waals surface area (Å²) in [5, 5.41) is 3.86. The minimum absolute atomic E-state index is 0.00499. The third kappa shape index (κ3) is 2.69. The number of likely N-dealkylation sites (N-methyl/N-ethyl adjacent to an activating group) is 1. The Balaban J connectivity index is 2.11. The van der Waals surface area contributed by atoms with E-state index in [1.54, 1.807) is 30.8 Å². The summed E-state index contributed by atoms with van der Waals surface area (Å²) in [6.45, 7) is 4.27. The monoisotopic (exact) mass is 279 g/mol. The van der Waals surface area contributed by atoms with Crippen LogP contribution in [0.3, 0.4) is 0 Å². The van der Waals surface area contributed by atoms with Crippen molar-refractivity contribution in [2.24, 2.45) is 0 Å². The molecule has 6 heteroatoms. The molecular weight excluding hydrogens is 258 g/mol. The van der Waals surface area contributed by atoms with Gasteiger partial charge in [-0.15, -0.1) is 0 Å². The molecule has 0 aromatic carbocycles.